The zero-order valence-corrected chi connectivity index (χ0v) is 9.53. The third-order valence-corrected chi connectivity index (χ3v) is 1.43. The van der Waals surface area contributed by atoms with Crippen molar-refractivity contribution in [1.29, 1.82) is 16.2 Å². The molecule has 1 aromatic carbocycles. The first-order valence-corrected chi connectivity index (χ1v) is 4.19. The third kappa shape index (κ3) is 24.7. The van der Waals surface area contributed by atoms with Crippen LogP contribution in [0.15, 0.2) is 24.3 Å². The van der Waals surface area contributed by atoms with Crippen LogP contribution in [0.3, 0.4) is 0 Å². The Hall–Kier alpha value is -2.64. The molecule has 0 unspecified atom stereocenters. The lowest BCUT2D eigenvalue weighted by Gasteiger charge is -1.93. The molecule has 0 amide bonds. The van der Waals surface area contributed by atoms with Gasteiger partial charge in [-0.25, -0.2) is 30.6 Å². The smallest absolute Gasteiger partial charge is 0.222 e. The van der Waals surface area contributed by atoms with E-state index < -0.39 is 0 Å². The van der Waals surface area contributed by atoms with Gasteiger partial charge in [0, 0.05) is 0 Å². The Morgan fingerprint density at radius 3 is 1.06 bits per heavy atom. The highest BCUT2D eigenvalue weighted by Crippen LogP contribution is 2.02. The van der Waals surface area contributed by atoms with E-state index in [-0.39, 0.29) is 0 Å². The third-order valence-electron chi connectivity index (χ3n) is 1.43. The van der Waals surface area contributed by atoms with Crippen molar-refractivity contribution in [3.8, 4) is 0 Å². The zero-order valence-electron chi connectivity index (χ0n) is 9.53. The van der Waals surface area contributed by atoms with Crippen molar-refractivity contribution in [1.82, 2.24) is 0 Å². The minimum absolute atomic E-state index is 0.750. The van der Waals surface area contributed by atoms with Crippen molar-refractivity contribution in [2.24, 2.45) is 0 Å². The fourth-order valence-electron chi connectivity index (χ4n) is 0.663. The van der Waals surface area contributed by atoms with E-state index in [0.29, 0.717) is 0 Å². The number of rotatable bonds is 0. The Balaban J connectivity index is -0.000000184. The van der Waals surface area contributed by atoms with Gasteiger partial charge in [-0.2, -0.15) is 0 Å². The molecule has 1 aromatic rings. The lowest BCUT2D eigenvalue weighted by molar-refractivity contribution is 0.562. The van der Waals surface area contributed by atoms with Gasteiger partial charge in [-0.15, -0.1) is 0 Å². The molecule has 0 spiro atoms. The normalized spacial score (nSPS) is 5.76. The van der Waals surface area contributed by atoms with Gasteiger partial charge in [-0.05, 0) is 25.0 Å². The minimum Gasteiger partial charge on any atom is -0.222 e. The molecule has 0 fully saturated rings. The molecule has 0 aliphatic carbocycles. The van der Waals surface area contributed by atoms with Crippen LogP contribution in [0.4, 0.5) is 0 Å². The fraction of sp³-hybridized carbons (Fsp3) is 0.182. The second kappa shape index (κ2) is 19.0. The molecule has 0 aliphatic rings. The summed E-state index contributed by atoms with van der Waals surface area (Å²) in [6, 6.07) is 8.36. The van der Waals surface area contributed by atoms with E-state index in [0.717, 1.165) is 18.2 Å². The molecule has 6 heteroatoms. The largest absolute Gasteiger partial charge is 0.231 e. The van der Waals surface area contributed by atoms with E-state index in [1.54, 1.807) is 0 Å². The molecule has 0 heterocycles. The van der Waals surface area contributed by atoms with Gasteiger partial charge >= 0.3 is 0 Å². The minimum atomic E-state index is 0.750. The number of benzene rings is 1. The standard InChI is InChI=1S/C8H10.3CHNO/c1-7-5-3-4-6-8(7)2;3*2-1-3/h3-6H,1-2H3;3*2H. The maximum absolute atomic E-state index is 8.35. The second-order valence-corrected chi connectivity index (χ2v) is 2.39. The molecule has 1 rings (SSSR count). The summed E-state index contributed by atoms with van der Waals surface area (Å²) in [7, 11) is 0. The van der Waals surface area contributed by atoms with Crippen molar-refractivity contribution >= 4 is 18.2 Å². The molecule has 6 nitrogen and oxygen atoms in total. The molecular weight excluding hydrogens is 222 g/mol. The molecular formula is C11H13N3O3. The molecule has 0 atom stereocenters. The first-order valence-electron chi connectivity index (χ1n) is 4.19. The number of carbonyl (C=O) groups excluding carboxylic acids is 3. The first-order chi connectivity index (χ1) is 8.05. The highest BCUT2D eigenvalue weighted by Gasteiger charge is 1.83. The number of isocyanates is 3. The lowest BCUT2D eigenvalue weighted by atomic mass is 10.1. The summed E-state index contributed by atoms with van der Waals surface area (Å²) in [6.45, 7) is 4.24. The van der Waals surface area contributed by atoms with Crippen molar-refractivity contribution in [2.45, 2.75) is 13.8 Å². The Bertz CT molecular complexity index is 349. The summed E-state index contributed by atoms with van der Waals surface area (Å²) < 4.78 is 0. The molecule has 17 heavy (non-hydrogen) atoms. The van der Waals surface area contributed by atoms with Crippen LogP contribution in [0.25, 0.3) is 0 Å². The second-order valence-electron chi connectivity index (χ2n) is 2.39. The van der Waals surface area contributed by atoms with E-state index in [9.17, 15) is 0 Å². The van der Waals surface area contributed by atoms with Crippen molar-refractivity contribution < 1.29 is 14.4 Å². The Kier molecular flexibility index (Phi) is 22.2. The SMILES string of the molecule is Cc1ccccc1C.N=C=O.N=C=O.N=C=O. The van der Waals surface area contributed by atoms with E-state index >= 15 is 0 Å². The van der Waals surface area contributed by atoms with Gasteiger partial charge in [0.25, 0.3) is 0 Å². The van der Waals surface area contributed by atoms with Gasteiger partial charge in [-0.1, -0.05) is 24.3 Å². The predicted octanol–water partition coefficient (Wildman–Crippen LogP) is 2.01. The predicted molar refractivity (Wildman–Crippen MR) is 61.2 cm³/mol. The van der Waals surface area contributed by atoms with Crippen LogP contribution in [0.5, 0.6) is 0 Å². The van der Waals surface area contributed by atoms with Crippen molar-refractivity contribution in [2.75, 3.05) is 0 Å². The Labute approximate surface area is 98.8 Å². The number of hydrogen-bond donors (Lipinski definition) is 3. The van der Waals surface area contributed by atoms with Crippen LogP contribution in [0, 0.1) is 30.1 Å². The van der Waals surface area contributed by atoms with Gasteiger partial charge in [0.05, 0.1) is 0 Å². The number of nitrogens with one attached hydrogen (secondary N) is 3. The van der Waals surface area contributed by atoms with E-state index in [1.165, 1.54) is 11.1 Å². The Morgan fingerprint density at radius 2 is 0.941 bits per heavy atom. The van der Waals surface area contributed by atoms with Gasteiger partial charge in [0.1, 0.15) is 0 Å². The summed E-state index contributed by atoms with van der Waals surface area (Å²) in [5.41, 5.74) is 2.74. The van der Waals surface area contributed by atoms with Crippen LogP contribution in [0.1, 0.15) is 11.1 Å². The first kappa shape index (κ1) is 19.9. The quantitative estimate of drug-likeness (QED) is 0.470. The van der Waals surface area contributed by atoms with E-state index in [1.807, 2.05) is 0 Å². The van der Waals surface area contributed by atoms with Gasteiger partial charge in [0.15, 0.2) is 0 Å². The van der Waals surface area contributed by atoms with Crippen LogP contribution in [0.2, 0.25) is 0 Å². The number of hydrogen-bond acceptors (Lipinski definition) is 6. The molecule has 0 aromatic heterocycles. The maximum Gasteiger partial charge on any atom is 0.231 e. The summed E-state index contributed by atoms with van der Waals surface area (Å²) in [4.78, 5) is 25.0. The average molecular weight is 235 g/mol. The van der Waals surface area contributed by atoms with Gasteiger partial charge in [0.2, 0.25) is 18.2 Å². The van der Waals surface area contributed by atoms with E-state index in [4.69, 9.17) is 30.6 Å². The van der Waals surface area contributed by atoms with Gasteiger partial charge in [-0.3, -0.25) is 0 Å². The average Bonchev–Trinajstić information content (AvgIpc) is 2.26. The number of aryl methyl sites for hydroxylation is 2. The molecule has 0 saturated heterocycles. The summed E-state index contributed by atoms with van der Waals surface area (Å²) in [5, 5.41) is 16.2. The lowest BCUT2D eigenvalue weighted by Crippen LogP contribution is -1.74. The summed E-state index contributed by atoms with van der Waals surface area (Å²) in [6.07, 6.45) is 2.25. The Morgan fingerprint density at radius 1 is 0.765 bits per heavy atom. The summed E-state index contributed by atoms with van der Waals surface area (Å²) >= 11 is 0. The van der Waals surface area contributed by atoms with Crippen LogP contribution >= 0.6 is 0 Å². The van der Waals surface area contributed by atoms with E-state index in [2.05, 4.69) is 38.1 Å². The maximum atomic E-state index is 8.35. The molecule has 0 radical (unpaired) electrons. The molecule has 0 saturated carbocycles. The molecule has 90 valence electrons. The van der Waals surface area contributed by atoms with Crippen molar-refractivity contribution in [3.63, 3.8) is 0 Å². The molecule has 0 bridgehead atoms. The topological polar surface area (TPSA) is 123 Å². The van der Waals surface area contributed by atoms with Crippen molar-refractivity contribution in [3.05, 3.63) is 35.4 Å². The highest BCUT2D eigenvalue weighted by molar-refractivity contribution is 5.26. The fourth-order valence-corrected chi connectivity index (χ4v) is 0.663. The van der Waals surface area contributed by atoms with Crippen LogP contribution in [-0.4, -0.2) is 18.2 Å². The molecule has 0 aliphatic heterocycles. The molecule has 3 N–H and O–H groups in total. The van der Waals surface area contributed by atoms with Crippen LogP contribution in [-0.2, 0) is 14.4 Å². The zero-order chi connectivity index (χ0) is 14.1. The monoisotopic (exact) mass is 235 g/mol. The van der Waals surface area contributed by atoms with Crippen LogP contribution < -0.4 is 0 Å². The van der Waals surface area contributed by atoms with Gasteiger partial charge < -0.3 is 0 Å². The highest BCUT2D eigenvalue weighted by atomic mass is 16.1. The summed E-state index contributed by atoms with van der Waals surface area (Å²) in [5.74, 6) is 0.